The molecule has 0 saturated carbocycles. The first-order chi connectivity index (χ1) is 7.43. The molecule has 1 heterocycles. The van der Waals surface area contributed by atoms with Gasteiger partial charge in [0.2, 0.25) is 5.91 Å². The molecular weight excluding hydrogens is 222 g/mol. The molecule has 0 aromatic rings. The van der Waals surface area contributed by atoms with Gasteiger partial charge in [-0.1, -0.05) is 12.2 Å². The molecule has 2 unspecified atom stereocenters. The molecule has 1 amide bonds. The van der Waals surface area contributed by atoms with Crippen LogP contribution in [0.3, 0.4) is 0 Å². The van der Waals surface area contributed by atoms with Gasteiger partial charge in [0.25, 0.3) is 0 Å². The number of rotatable bonds is 3. The molecule has 4 nitrogen and oxygen atoms in total. The average molecular weight is 243 g/mol. The van der Waals surface area contributed by atoms with E-state index in [1.54, 1.807) is 6.92 Å². The van der Waals surface area contributed by atoms with Crippen LogP contribution in [0.5, 0.6) is 0 Å². The minimum Gasteiger partial charge on any atom is -0.393 e. The molecule has 0 aromatic carbocycles. The van der Waals surface area contributed by atoms with Gasteiger partial charge >= 0.3 is 0 Å². The van der Waals surface area contributed by atoms with Gasteiger partial charge in [-0.15, -0.1) is 0 Å². The Morgan fingerprint density at radius 2 is 2.19 bits per heavy atom. The SMILES string of the molecule is CC(C(=O)N1CCCC(N(C)C)C1)C(N)=S. The molecule has 1 rings (SSSR count). The normalized spacial score (nSPS) is 23.2. The fourth-order valence-corrected chi connectivity index (χ4v) is 2.07. The van der Waals surface area contributed by atoms with Crippen molar-refractivity contribution in [2.24, 2.45) is 11.7 Å². The smallest absolute Gasteiger partial charge is 0.232 e. The molecule has 0 radical (unpaired) electrons. The number of thiocarbonyl (C=S) groups is 1. The molecular formula is C11H21N3OS. The summed E-state index contributed by atoms with van der Waals surface area (Å²) in [5, 5.41) is 0. The zero-order valence-electron chi connectivity index (χ0n) is 10.3. The molecule has 0 aromatic heterocycles. The maximum Gasteiger partial charge on any atom is 0.232 e. The Hall–Kier alpha value is -0.680. The van der Waals surface area contributed by atoms with Crippen LogP contribution in [0.4, 0.5) is 0 Å². The van der Waals surface area contributed by atoms with E-state index in [2.05, 4.69) is 19.0 Å². The largest absolute Gasteiger partial charge is 0.393 e. The topological polar surface area (TPSA) is 49.6 Å². The van der Waals surface area contributed by atoms with Crippen LogP contribution in [0, 0.1) is 5.92 Å². The fraction of sp³-hybridized carbons (Fsp3) is 0.818. The number of hydrogen-bond donors (Lipinski definition) is 1. The van der Waals surface area contributed by atoms with Gasteiger partial charge < -0.3 is 15.5 Å². The van der Waals surface area contributed by atoms with Crippen molar-refractivity contribution in [3.05, 3.63) is 0 Å². The van der Waals surface area contributed by atoms with Crippen molar-refractivity contribution in [1.29, 1.82) is 0 Å². The Bertz CT molecular complexity index is 280. The second-order valence-electron chi connectivity index (χ2n) is 4.67. The molecule has 16 heavy (non-hydrogen) atoms. The van der Waals surface area contributed by atoms with Gasteiger partial charge in [0.05, 0.1) is 10.9 Å². The predicted molar refractivity (Wildman–Crippen MR) is 69.2 cm³/mol. The highest BCUT2D eigenvalue weighted by Crippen LogP contribution is 2.16. The number of likely N-dealkylation sites (tertiary alicyclic amines) is 1. The Morgan fingerprint density at radius 3 is 2.69 bits per heavy atom. The highest BCUT2D eigenvalue weighted by Gasteiger charge is 2.28. The molecule has 1 aliphatic rings. The predicted octanol–water partition coefficient (Wildman–Crippen LogP) is 0.461. The summed E-state index contributed by atoms with van der Waals surface area (Å²) in [7, 11) is 4.10. The van der Waals surface area contributed by atoms with Crippen molar-refractivity contribution in [3.8, 4) is 0 Å². The van der Waals surface area contributed by atoms with E-state index < -0.39 is 0 Å². The van der Waals surface area contributed by atoms with Gasteiger partial charge in [0.1, 0.15) is 0 Å². The first kappa shape index (κ1) is 13.4. The van der Waals surface area contributed by atoms with Crippen molar-refractivity contribution >= 4 is 23.1 Å². The van der Waals surface area contributed by atoms with E-state index in [4.69, 9.17) is 18.0 Å². The van der Waals surface area contributed by atoms with E-state index in [9.17, 15) is 4.79 Å². The van der Waals surface area contributed by atoms with Gasteiger partial charge in [-0.2, -0.15) is 0 Å². The quantitative estimate of drug-likeness (QED) is 0.732. The number of piperidine rings is 1. The van der Waals surface area contributed by atoms with Crippen LogP contribution < -0.4 is 5.73 Å². The van der Waals surface area contributed by atoms with Crippen LogP contribution in [0.2, 0.25) is 0 Å². The van der Waals surface area contributed by atoms with E-state index in [1.165, 1.54) is 0 Å². The highest BCUT2D eigenvalue weighted by molar-refractivity contribution is 7.80. The molecule has 2 atom stereocenters. The zero-order valence-corrected chi connectivity index (χ0v) is 11.1. The minimum atomic E-state index is -0.337. The number of nitrogens with two attached hydrogens (primary N) is 1. The zero-order chi connectivity index (χ0) is 12.3. The summed E-state index contributed by atoms with van der Waals surface area (Å²) in [4.78, 5) is 16.4. The molecule has 0 bridgehead atoms. The van der Waals surface area contributed by atoms with Crippen LogP contribution in [-0.4, -0.2) is 53.9 Å². The maximum absolute atomic E-state index is 12.0. The lowest BCUT2D eigenvalue weighted by Gasteiger charge is -2.37. The molecule has 1 fully saturated rings. The molecule has 1 aliphatic heterocycles. The van der Waals surface area contributed by atoms with Crippen molar-refractivity contribution in [2.45, 2.75) is 25.8 Å². The summed E-state index contributed by atoms with van der Waals surface area (Å²) in [6, 6.07) is 0.455. The minimum absolute atomic E-state index is 0.0686. The summed E-state index contributed by atoms with van der Waals surface area (Å²) in [6.45, 7) is 3.40. The molecule has 5 heteroatoms. The number of carbonyl (C=O) groups excluding carboxylic acids is 1. The standard InChI is InChI=1S/C11H21N3OS/c1-8(10(12)16)11(15)14-6-4-5-9(7-14)13(2)3/h8-9H,4-7H2,1-3H3,(H2,12,16). The Kier molecular flexibility index (Phi) is 4.68. The van der Waals surface area contributed by atoms with Crippen molar-refractivity contribution < 1.29 is 4.79 Å². The lowest BCUT2D eigenvalue weighted by molar-refractivity contribution is -0.134. The van der Waals surface area contributed by atoms with Gasteiger partial charge in [0, 0.05) is 19.1 Å². The van der Waals surface area contributed by atoms with E-state index in [0.29, 0.717) is 6.04 Å². The number of nitrogens with zero attached hydrogens (tertiary/aromatic N) is 2. The summed E-state index contributed by atoms with van der Waals surface area (Å²) >= 11 is 4.86. The third kappa shape index (κ3) is 3.15. The maximum atomic E-state index is 12.0. The van der Waals surface area contributed by atoms with Crippen LogP contribution in [0.1, 0.15) is 19.8 Å². The van der Waals surface area contributed by atoms with Gasteiger partial charge in [-0.25, -0.2) is 0 Å². The van der Waals surface area contributed by atoms with Crippen molar-refractivity contribution in [2.75, 3.05) is 27.2 Å². The van der Waals surface area contributed by atoms with Gasteiger partial charge in [-0.05, 0) is 33.9 Å². The Balaban J connectivity index is 2.60. The number of amides is 1. The second-order valence-corrected chi connectivity index (χ2v) is 5.14. The molecule has 2 N–H and O–H groups in total. The summed E-state index contributed by atoms with van der Waals surface area (Å²) in [5.74, 6) is -0.269. The Labute approximate surface area is 103 Å². The summed E-state index contributed by atoms with van der Waals surface area (Å²) in [6.07, 6.45) is 2.21. The van der Waals surface area contributed by atoms with Crippen LogP contribution in [-0.2, 0) is 4.79 Å². The molecule has 92 valence electrons. The van der Waals surface area contributed by atoms with Crippen molar-refractivity contribution in [1.82, 2.24) is 9.80 Å². The number of hydrogen-bond acceptors (Lipinski definition) is 3. The fourth-order valence-electron chi connectivity index (χ4n) is 1.97. The molecule has 1 saturated heterocycles. The summed E-state index contributed by atoms with van der Waals surface area (Å²) in [5.41, 5.74) is 5.51. The van der Waals surface area contributed by atoms with E-state index >= 15 is 0 Å². The third-order valence-electron chi connectivity index (χ3n) is 3.24. The van der Waals surface area contributed by atoms with Gasteiger partial charge in [-0.3, -0.25) is 4.79 Å². The summed E-state index contributed by atoms with van der Waals surface area (Å²) < 4.78 is 0. The van der Waals surface area contributed by atoms with E-state index in [0.717, 1.165) is 25.9 Å². The van der Waals surface area contributed by atoms with Crippen LogP contribution >= 0.6 is 12.2 Å². The first-order valence-corrected chi connectivity index (χ1v) is 6.09. The third-order valence-corrected chi connectivity index (χ3v) is 3.59. The van der Waals surface area contributed by atoms with E-state index in [-0.39, 0.29) is 16.8 Å². The van der Waals surface area contributed by atoms with Crippen molar-refractivity contribution in [3.63, 3.8) is 0 Å². The number of carbonyl (C=O) groups is 1. The monoisotopic (exact) mass is 243 g/mol. The lowest BCUT2D eigenvalue weighted by atomic mass is 10.0. The van der Waals surface area contributed by atoms with Crippen LogP contribution in [0.15, 0.2) is 0 Å². The lowest BCUT2D eigenvalue weighted by Crippen LogP contribution is -2.50. The first-order valence-electron chi connectivity index (χ1n) is 5.68. The molecule has 0 spiro atoms. The Morgan fingerprint density at radius 1 is 1.56 bits per heavy atom. The number of likely N-dealkylation sites (N-methyl/N-ethyl adjacent to an activating group) is 1. The molecule has 0 aliphatic carbocycles. The van der Waals surface area contributed by atoms with Crippen LogP contribution in [0.25, 0.3) is 0 Å². The van der Waals surface area contributed by atoms with Gasteiger partial charge in [0.15, 0.2) is 0 Å². The second kappa shape index (κ2) is 5.59. The average Bonchev–Trinajstić information content (AvgIpc) is 2.27. The highest BCUT2D eigenvalue weighted by atomic mass is 32.1. The van der Waals surface area contributed by atoms with E-state index in [1.807, 2.05) is 4.90 Å².